The summed E-state index contributed by atoms with van der Waals surface area (Å²) in [6.45, 7) is 1.96. The summed E-state index contributed by atoms with van der Waals surface area (Å²) in [5, 5.41) is 5.91. The number of anilines is 3. The molecule has 2 N–H and O–H groups in total. The first-order valence-electron chi connectivity index (χ1n) is 7.34. The lowest BCUT2D eigenvalue weighted by Gasteiger charge is -2.08. The van der Waals surface area contributed by atoms with Crippen molar-refractivity contribution in [1.82, 2.24) is 9.97 Å². The molecule has 5 nitrogen and oxygen atoms in total. The molecule has 3 rings (SSSR count). The van der Waals surface area contributed by atoms with Crippen LogP contribution in [0.2, 0.25) is 0 Å². The molecular formula is C18H15BrN4O. The predicted molar refractivity (Wildman–Crippen MR) is 98.6 cm³/mol. The molecule has 120 valence electrons. The topological polar surface area (TPSA) is 66.9 Å². The quantitative estimate of drug-likeness (QED) is 0.694. The van der Waals surface area contributed by atoms with Crippen LogP contribution in [0.5, 0.6) is 0 Å². The number of rotatable bonds is 4. The van der Waals surface area contributed by atoms with Gasteiger partial charge in [-0.3, -0.25) is 4.79 Å². The van der Waals surface area contributed by atoms with E-state index in [2.05, 4.69) is 36.5 Å². The lowest BCUT2D eigenvalue weighted by molar-refractivity contribution is 0.102. The van der Waals surface area contributed by atoms with Crippen LogP contribution < -0.4 is 10.6 Å². The van der Waals surface area contributed by atoms with Gasteiger partial charge in [-0.15, -0.1) is 0 Å². The molecule has 6 heteroatoms. The number of amides is 1. The number of halogens is 1. The third-order valence-electron chi connectivity index (χ3n) is 3.33. The van der Waals surface area contributed by atoms with Gasteiger partial charge in [0, 0.05) is 22.0 Å². The largest absolute Gasteiger partial charge is 0.324 e. The smallest absolute Gasteiger partial charge is 0.274 e. The molecule has 1 heterocycles. The molecule has 3 aromatic rings. The maximum absolute atomic E-state index is 12.4. The van der Waals surface area contributed by atoms with Crippen molar-refractivity contribution in [3.63, 3.8) is 0 Å². The van der Waals surface area contributed by atoms with Crippen molar-refractivity contribution >= 4 is 39.2 Å². The van der Waals surface area contributed by atoms with Crippen LogP contribution in [0, 0.1) is 6.92 Å². The average Bonchev–Trinajstić information content (AvgIpc) is 2.59. The first kappa shape index (κ1) is 16.1. The fourth-order valence-corrected chi connectivity index (χ4v) is 2.36. The lowest BCUT2D eigenvalue weighted by Crippen LogP contribution is -2.14. The Morgan fingerprint density at radius 3 is 2.58 bits per heavy atom. The number of aromatic nitrogens is 2. The Hall–Kier alpha value is -2.73. The third kappa shape index (κ3) is 3.97. The van der Waals surface area contributed by atoms with E-state index in [0.717, 1.165) is 21.4 Å². The minimum absolute atomic E-state index is 0.282. The Bertz CT molecular complexity index is 868. The molecule has 0 aliphatic carbocycles. The fraction of sp³-hybridized carbons (Fsp3) is 0.0556. The highest BCUT2D eigenvalue weighted by Crippen LogP contribution is 2.20. The number of nitrogens with one attached hydrogen (secondary N) is 2. The molecule has 0 atom stereocenters. The Morgan fingerprint density at radius 2 is 1.83 bits per heavy atom. The SMILES string of the molecule is Cc1cc(NC(=O)c2ccnc(Nc3ccccc3)n2)ccc1Br. The zero-order valence-corrected chi connectivity index (χ0v) is 14.5. The number of benzene rings is 2. The number of carbonyl (C=O) groups is 1. The van der Waals surface area contributed by atoms with Crippen LogP contribution in [0.25, 0.3) is 0 Å². The molecule has 2 aromatic carbocycles. The Balaban J connectivity index is 1.75. The van der Waals surface area contributed by atoms with E-state index in [4.69, 9.17) is 0 Å². The van der Waals surface area contributed by atoms with E-state index < -0.39 is 0 Å². The van der Waals surface area contributed by atoms with Crippen molar-refractivity contribution in [3.05, 3.63) is 76.5 Å². The summed E-state index contributed by atoms with van der Waals surface area (Å²) in [7, 11) is 0. The molecule has 1 aromatic heterocycles. The molecule has 0 bridgehead atoms. The monoisotopic (exact) mass is 382 g/mol. The first-order chi connectivity index (χ1) is 11.6. The standard InChI is InChI=1S/C18H15BrN4O/c1-12-11-14(7-8-15(12)19)21-17(24)16-9-10-20-18(23-16)22-13-5-3-2-4-6-13/h2-11H,1H3,(H,21,24)(H,20,22,23). The van der Waals surface area contributed by atoms with E-state index in [9.17, 15) is 4.79 Å². The highest BCUT2D eigenvalue weighted by atomic mass is 79.9. The summed E-state index contributed by atoms with van der Waals surface area (Å²) >= 11 is 3.44. The van der Waals surface area contributed by atoms with Gasteiger partial charge in [0.2, 0.25) is 5.95 Å². The molecular weight excluding hydrogens is 368 g/mol. The second-order valence-electron chi connectivity index (χ2n) is 5.17. The number of carbonyl (C=O) groups excluding carboxylic acids is 1. The molecule has 0 saturated carbocycles. The van der Waals surface area contributed by atoms with Gasteiger partial charge in [-0.25, -0.2) is 9.97 Å². The maximum atomic E-state index is 12.4. The first-order valence-corrected chi connectivity index (χ1v) is 8.14. The van der Waals surface area contributed by atoms with Gasteiger partial charge in [-0.1, -0.05) is 34.1 Å². The minimum atomic E-state index is -0.282. The van der Waals surface area contributed by atoms with Gasteiger partial charge >= 0.3 is 0 Å². The van der Waals surface area contributed by atoms with Gasteiger partial charge < -0.3 is 10.6 Å². The van der Waals surface area contributed by atoms with E-state index >= 15 is 0 Å². The van der Waals surface area contributed by atoms with Gasteiger partial charge in [0.25, 0.3) is 5.91 Å². The zero-order chi connectivity index (χ0) is 16.9. The normalized spacial score (nSPS) is 10.2. The number of aryl methyl sites for hydroxylation is 1. The van der Waals surface area contributed by atoms with E-state index in [1.165, 1.54) is 0 Å². The summed E-state index contributed by atoms with van der Waals surface area (Å²) in [5.41, 5.74) is 2.92. The maximum Gasteiger partial charge on any atom is 0.274 e. The Kier molecular flexibility index (Phi) is 4.86. The van der Waals surface area contributed by atoms with Crippen LogP contribution in [-0.4, -0.2) is 15.9 Å². The summed E-state index contributed by atoms with van der Waals surface area (Å²) in [6.07, 6.45) is 1.56. The summed E-state index contributed by atoms with van der Waals surface area (Å²) < 4.78 is 0.997. The molecule has 0 aliphatic heterocycles. The molecule has 0 fully saturated rings. The molecule has 24 heavy (non-hydrogen) atoms. The van der Waals surface area contributed by atoms with Crippen molar-refractivity contribution in [2.45, 2.75) is 6.92 Å². The summed E-state index contributed by atoms with van der Waals surface area (Å²) in [4.78, 5) is 20.8. The van der Waals surface area contributed by atoms with E-state index in [1.54, 1.807) is 12.3 Å². The van der Waals surface area contributed by atoms with Gasteiger partial charge in [-0.2, -0.15) is 0 Å². The van der Waals surface area contributed by atoms with Gasteiger partial charge in [-0.05, 0) is 48.9 Å². The number of nitrogens with zero attached hydrogens (tertiary/aromatic N) is 2. The van der Waals surface area contributed by atoms with Crippen LogP contribution in [0.3, 0.4) is 0 Å². The number of hydrogen-bond donors (Lipinski definition) is 2. The molecule has 1 amide bonds. The van der Waals surface area contributed by atoms with Gasteiger partial charge in [0.1, 0.15) is 5.69 Å². The Morgan fingerprint density at radius 1 is 1.04 bits per heavy atom. The molecule has 0 radical (unpaired) electrons. The number of para-hydroxylation sites is 1. The molecule has 0 aliphatic rings. The van der Waals surface area contributed by atoms with Crippen LogP contribution in [0.15, 0.2) is 65.3 Å². The Labute approximate surface area is 148 Å². The average molecular weight is 383 g/mol. The van der Waals surface area contributed by atoms with E-state index in [-0.39, 0.29) is 5.91 Å². The lowest BCUT2D eigenvalue weighted by atomic mass is 10.2. The van der Waals surface area contributed by atoms with Crippen molar-refractivity contribution in [3.8, 4) is 0 Å². The summed E-state index contributed by atoms with van der Waals surface area (Å²) in [6, 6.07) is 16.8. The fourth-order valence-electron chi connectivity index (χ4n) is 2.11. The van der Waals surface area contributed by atoms with Crippen molar-refractivity contribution in [2.24, 2.45) is 0 Å². The van der Waals surface area contributed by atoms with Crippen LogP contribution in [0.1, 0.15) is 16.1 Å². The second-order valence-corrected chi connectivity index (χ2v) is 6.03. The van der Waals surface area contributed by atoms with Crippen molar-refractivity contribution < 1.29 is 4.79 Å². The van der Waals surface area contributed by atoms with Crippen LogP contribution >= 0.6 is 15.9 Å². The molecule has 0 unspecified atom stereocenters. The third-order valence-corrected chi connectivity index (χ3v) is 4.22. The van der Waals surface area contributed by atoms with Crippen molar-refractivity contribution in [2.75, 3.05) is 10.6 Å². The van der Waals surface area contributed by atoms with Crippen LogP contribution in [0.4, 0.5) is 17.3 Å². The van der Waals surface area contributed by atoms with Gasteiger partial charge in [0.15, 0.2) is 0 Å². The van der Waals surface area contributed by atoms with Crippen LogP contribution in [-0.2, 0) is 0 Å². The highest BCUT2D eigenvalue weighted by molar-refractivity contribution is 9.10. The van der Waals surface area contributed by atoms with Gasteiger partial charge in [0.05, 0.1) is 0 Å². The minimum Gasteiger partial charge on any atom is -0.324 e. The number of hydrogen-bond acceptors (Lipinski definition) is 4. The molecule has 0 saturated heterocycles. The second kappa shape index (κ2) is 7.23. The van der Waals surface area contributed by atoms with E-state index in [1.807, 2.05) is 55.5 Å². The highest BCUT2D eigenvalue weighted by Gasteiger charge is 2.10. The van der Waals surface area contributed by atoms with Crippen molar-refractivity contribution in [1.29, 1.82) is 0 Å². The predicted octanol–water partition coefficient (Wildman–Crippen LogP) is 4.54. The molecule has 0 spiro atoms. The van der Waals surface area contributed by atoms with E-state index in [0.29, 0.717) is 11.6 Å². The zero-order valence-electron chi connectivity index (χ0n) is 13.0. The summed E-state index contributed by atoms with van der Waals surface area (Å²) in [5.74, 6) is 0.0936.